The maximum atomic E-state index is 5.92. The van der Waals surface area contributed by atoms with E-state index in [1.165, 1.54) is 23.7 Å². The average Bonchev–Trinajstić information content (AvgIpc) is 3.32. The third kappa shape index (κ3) is 3.57. The van der Waals surface area contributed by atoms with Gasteiger partial charge in [-0.15, -0.1) is 0 Å². The highest BCUT2D eigenvalue weighted by atomic mass is 35.5. The SMILES string of the molecule is S=C(c1cn(CCOc2ccc(Cl)cc2)c2ccccc12)N1CCCC1. The quantitative estimate of drug-likeness (QED) is 0.567. The summed E-state index contributed by atoms with van der Waals surface area (Å²) in [6.07, 6.45) is 4.64. The third-order valence-corrected chi connectivity index (χ3v) is 5.56. The molecule has 26 heavy (non-hydrogen) atoms. The fourth-order valence-corrected chi connectivity index (χ4v) is 3.96. The summed E-state index contributed by atoms with van der Waals surface area (Å²) in [5.41, 5.74) is 2.35. The smallest absolute Gasteiger partial charge is 0.119 e. The lowest BCUT2D eigenvalue weighted by molar-refractivity contribution is 0.300. The highest BCUT2D eigenvalue weighted by molar-refractivity contribution is 7.80. The lowest BCUT2D eigenvalue weighted by Gasteiger charge is -2.17. The van der Waals surface area contributed by atoms with Gasteiger partial charge in [-0.3, -0.25) is 0 Å². The van der Waals surface area contributed by atoms with Crippen LogP contribution in [0.3, 0.4) is 0 Å². The maximum absolute atomic E-state index is 5.92. The van der Waals surface area contributed by atoms with E-state index in [-0.39, 0.29) is 0 Å². The van der Waals surface area contributed by atoms with Crippen LogP contribution in [0.15, 0.2) is 54.7 Å². The molecular formula is C21H21ClN2OS. The zero-order valence-corrected chi connectivity index (χ0v) is 16.1. The fraction of sp³-hybridized carbons (Fsp3) is 0.286. The predicted octanol–water partition coefficient (Wildman–Crippen LogP) is 5.15. The molecule has 0 atom stereocenters. The molecule has 2 aromatic carbocycles. The summed E-state index contributed by atoms with van der Waals surface area (Å²) < 4.78 is 8.10. The molecule has 0 bridgehead atoms. The van der Waals surface area contributed by atoms with E-state index in [0.29, 0.717) is 11.6 Å². The minimum Gasteiger partial charge on any atom is -0.492 e. The summed E-state index contributed by atoms with van der Waals surface area (Å²) in [6.45, 7) is 3.50. The van der Waals surface area contributed by atoms with Crippen LogP contribution in [-0.2, 0) is 6.54 Å². The number of fused-ring (bicyclic) bond motifs is 1. The van der Waals surface area contributed by atoms with Crippen molar-refractivity contribution in [3.8, 4) is 5.75 Å². The number of para-hydroxylation sites is 1. The molecule has 5 heteroatoms. The van der Waals surface area contributed by atoms with Gasteiger partial charge in [-0.1, -0.05) is 42.0 Å². The summed E-state index contributed by atoms with van der Waals surface area (Å²) in [5.74, 6) is 0.832. The molecular weight excluding hydrogens is 364 g/mol. The molecule has 134 valence electrons. The van der Waals surface area contributed by atoms with Crippen molar-refractivity contribution in [3.05, 3.63) is 65.3 Å². The standard InChI is InChI=1S/C21H21ClN2OS/c22-16-7-9-17(10-8-16)25-14-13-24-15-19(18-5-1-2-6-20(18)24)21(26)23-11-3-4-12-23/h1-2,5-10,15H,3-4,11-14H2. The van der Waals surface area contributed by atoms with E-state index >= 15 is 0 Å². The number of nitrogens with zero attached hydrogens (tertiary/aromatic N) is 2. The first-order valence-corrected chi connectivity index (χ1v) is 9.76. The minimum absolute atomic E-state index is 0.593. The molecule has 0 aliphatic carbocycles. The number of halogens is 1. The summed E-state index contributed by atoms with van der Waals surface area (Å²) in [5, 5.41) is 1.93. The van der Waals surface area contributed by atoms with Gasteiger partial charge in [-0.2, -0.15) is 0 Å². The van der Waals surface area contributed by atoms with E-state index < -0.39 is 0 Å². The molecule has 0 amide bonds. The minimum atomic E-state index is 0.593. The number of hydrogen-bond acceptors (Lipinski definition) is 2. The Hall–Kier alpha value is -2.04. The van der Waals surface area contributed by atoms with Crippen LogP contribution in [0.1, 0.15) is 18.4 Å². The van der Waals surface area contributed by atoms with Crippen molar-refractivity contribution in [1.29, 1.82) is 0 Å². The molecule has 0 spiro atoms. The molecule has 3 aromatic rings. The predicted molar refractivity (Wildman–Crippen MR) is 111 cm³/mol. The first-order chi connectivity index (χ1) is 12.7. The number of hydrogen-bond donors (Lipinski definition) is 0. The summed E-state index contributed by atoms with van der Waals surface area (Å²) in [7, 11) is 0. The van der Waals surface area contributed by atoms with Gasteiger partial charge in [0.2, 0.25) is 0 Å². The second kappa shape index (κ2) is 7.68. The van der Waals surface area contributed by atoms with Crippen molar-refractivity contribution in [1.82, 2.24) is 9.47 Å². The van der Waals surface area contributed by atoms with Crippen molar-refractivity contribution >= 4 is 39.7 Å². The van der Waals surface area contributed by atoms with Crippen LogP contribution in [0.4, 0.5) is 0 Å². The number of thiocarbonyl (C=S) groups is 1. The van der Waals surface area contributed by atoms with E-state index in [1.807, 2.05) is 24.3 Å². The van der Waals surface area contributed by atoms with Crippen molar-refractivity contribution in [2.45, 2.75) is 19.4 Å². The van der Waals surface area contributed by atoms with Gasteiger partial charge in [0.15, 0.2) is 0 Å². The lowest BCUT2D eigenvalue weighted by Crippen LogP contribution is -2.26. The number of ether oxygens (including phenoxy) is 1. The molecule has 3 nitrogen and oxygen atoms in total. The van der Waals surface area contributed by atoms with Crippen LogP contribution in [0, 0.1) is 0 Å². The van der Waals surface area contributed by atoms with E-state index in [0.717, 1.165) is 35.9 Å². The van der Waals surface area contributed by atoms with E-state index in [1.54, 1.807) is 0 Å². The average molecular weight is 385 g/mol. The van der Waals surface area contributed by atoms with Gasteiger partial charge in [-0.25, -0.2) is 0 Å². The van der Waals surface area contributed by atoms with Crippen LogP contribution in [0.2, 0.25) is 5.02 Å². The second-order valence-electron chi connectivity index (χ2n) is 6.56. The van der Waals surface area contributed by atoms with Gasteiger partial charge >= 0.3 is 0 Å². The molecule has 1 saturated heterocycles. The number of rotatable bonds is 5. The molecule has 0 radical (unpaired) electrons. The Balaban J connectivity index is 1.53. The van der Waals surface area contributed by atoms with Crippen molar-refractivity contribution in [2.24, 2.45) is 0 Å². The van der Waals surface area contributed by atoms with Crippen molar-refractivity contribution in [2.75, 3.05) is 19.7 Å². The third-order valence-electron chi connectivity index (χ3n) is 4.83. The molecule has 0 saturated carbocycles. The van der Waals surface area contributed by atoms with Crippen molar-refractivity contribution < 1.29 is 4.74 Å². The van der Waals surface area contributed by atoms with Gasteiger partial charge in [0.1, 0.15) is 17.3 Å². The number of aromatic nitrogens is 1. The monoisotopic (exact) mass is 384 g/mol. The summed E-state index contributed by atoms with van der Waals surface area (Å²) in [4.78, 5) is 3.29. The van der Waals surface area contributed by atoms with E-state index in [2.05, 4.69) is 39.9 Å². The van der Waals surface area contributed by atoms with Crippen LogP contribution in [0.5, 0.6) is 5.75 Å². The Morgan fingerprint density at radius 3 is 2.54 bits per heavy atom. The highest BCUT2D eigenvalue weighted by Gasteiger charge is 2.20. The Kier molecular flexibility index (Phi) is 5.14. The molecule has 1 aliphatic rings. The summed E-state index contributed by atoms with van der Waals surface area (Å²) in [6, 6.07) is 15.9. The topological polar surface area (TPSA) is 17.4 Å². The maximum Gasteiger partial charge on any atom is 0.119 e. The molecule has 2 heterocycles. The van der Waals surface area contributed by atoms with Gasteiger partial charge < -0.3 is 14.2 Å². The Labute approximate surface area is 164 Å². The zero-order valence-electron chi connectivity index (χ0n) is 14.5. The molecule has 1 fully saturated rings. The molecule has 4 rings (SSSR count). The fourth-order valence-electron chi connectivity index (χ4n) is 3.49. The molecule has 0 N–H and O–H groups in total. The van der Waals surface area contributed by atoms with Crippen molar-refractivity contribution in [3.63, 3.8) is 0 Å². The largest absolute Gasteiger partial charge is 0.492 e. The molecule has 0 unspecified atom stereocenters. The molecule has 1 aromatic heterocycles. The normalized spacial score (nSPS) is 14.1. The Bertz CT molecular complexity index is 913. The van der Waals surface area contributed by atoms with Gasteiger partial charge in [0.25, 0.3) is 0 Å². The van der Waals surface area contributed by atoms with Crippen LogP contribution in [0.25, 0.3) is 10.9 Å². The second-order valence-corrected chi connectivity index (χ2v) is 7.38. The Morgan fingerprint density at radius 2 is 1.77 bits per heavy atom. The molecule has 1 aliphatic heterocycles. The number of benzene rings is 2. The van der Waals surface area contributed by atoms with Crippen LogP contribution >= 0.6 is 23.8 Å². The first kappa shape index (κ1) is 17.4. The van der Waals surface area contributed by atoms with Crippen LogP contribution < -0.4 is 4.74 Å². The van der Waals surface area contributed by atoms with Gasteiger partial charge in [-0.05, 0) is 43.2 Å². The lowest BCUT2D eigenvalue weighted by atomic mass is 10.1. The first-order valence-electron chi connectivity index (χ1n) is 8.98. The van der Waals surface area contributed by atoms with Gasteiger partial charge in [0, 0.05) is 40.8 Å². The number of likely N-dealkylation sites (tertiary alicyclic amines) is 1. The van der Waals surface area contributed by atoms with E-state index in [4.69, 9.17) is 28.6 Å². The summed E-state index contributed by atoms with van der Waals surface area (Å²) >= 11 is 11.7. The van der Waals surface area contributed by atoms with Crippen LogP contribution in [-0.4, -0.2) is 34.2 Å². The highest BCUT2D eigenvalue weighted by Crippen LogP contribution is 2.25. The van der Waals surface area contributed by atoms with E-state index in [9.17, 15) is 0 Å². The Morgan fingerprint density at radius 1 is 1.04 bits per heavy atom. The zero-order chi connectivity index (χ0) is 17.9. The van der Waals surface area contributed by atoms with Gasteiger partial charge in [0.05, 0.1) is 6.54 Å².